The first kappa shape index (κ1) is 19.3. The Labute approximate surface area is 138 Å². The molecular formula is C16H30N4O3. The normalized spacial score (nSPS) is 21.3. The van der Waals surface area contributed by atoms with Gasteiger partial charge in [-0.3, -0.25) is 9.59 Å². The van der Waals surface area contributed by atoms with Gasteiger partial charge >= 0.3 is 6.03 Å². The topological polar surface area (TPSA) is 87.0 Å². The predicted molar refractivity (Wildman–Crippen MR) is 88.6 cm³/mol. The van der Waals surface area contributed by atoms with Gasteiger partial charge < -0.3 is 20.4 Å². The summed E-state index contributed by atoms with van der Waals surface area (Å²) in [6.45, 7) is 5.57. The Morgan fingerprint density at radius 1 is 1.04 bits per heavy atom. The van der Waals surface area contributed by atoms with Gasteiger partial charge in [-0.1, -0.05) is 20.8 Å². The fourth-order valence-electron chi connectivity index (χ4n) is 3.14. The summed E-state index contributed by atoms with van der Waals surface area (Å²) in [5.41, 5.74) is 5.41. The van der Waals surface area contributed by atoms with E-state index in [1.807, 2.05) is 27.8 Å². The van der Waals surface area contributed by atoms with Gasteiger partial charge in [0.25, 0.3) is 0 Å². The molecule has 1 aliphatic carbocycles. The summed E-state index contributed by atoms with van der Waals surface area (Å²) < 4.78 is 0. The first-order chi connectivity index (χ1) is 10.6. The minimum absolute atomic E-state index is 0.0442. The van der Waals surface area contributed by atoms with Crippen LogP contribution in [0.25, 0.3) is 0 Å². The van der Waals surface area contributed by atoms with Gasteiger partial charge in [0.05, 0.1) is 0 Å². The summed E-state index contributed by atoms with van der Waals surface area (Å²) in [5, 5.41) is 0. The van der Waals surface area contributed by atoms with E-state index >= 15 is 0 Å². The summed E-state index contributed by atoms with van der Waals surface area (Å²) in [6.07, 6.45) is 2.02. The standard InChI is InChI=1S/C16H30N4O3/c1-7-13(21)18(4)11-8-12(9-11)19(5)16(23)20(6)14(10(2)3)15(17)22/h10-12,14H,7-9H2,1-6H3,(H2,17,22)/t11?,12?,14-/m0/s1. The summed E-state index contributed by atoms with van der Waals surface area (Å²) >= 11 is 0. The van der Waals surface area contributed by atoms with Crippen molar-refractivity contribution in [1.82, 2.24) is 14.7 Å². The maximum Gasteiger partial charge on any atom is 0.320 e. The average Bonchev–Trinajstić information content (AvgIpc) is 2.42. The lowest BCUT2D eigenvalue weighted by Gasteiger charge is -2.46. The number of likely N-dealkylation sites (N-methyl/N-ethyl adjacent to an activating group) is 1. The van der Waals surface area contributed by atoms with Crippen molar-refractivity contribution in [3.63, 3.8) is 0 Å². The number of nitrogens with two attached hydrogens (primary N) is 1. The van der Waals surface area contributed by atoms with E-state index < -0.39 is 11.9 Å². The number of nitrogens with zero attached hydrogens (tertiary/aromatic N) is 3. The van der Waals surface area contributed by atoms with Gasteiger partial charge in [0.2, 0.25) is 11.8 Å². The van der Waals surface area contributed by atoms with Crippen LogP contribution in [0.4, 0.5) is 4.79 Å². The van der Waals surface area contributed by atoms with E-state index in [1.165, 1.54) is 4.90 Å². The number of rotatable bonds is 6. The van der Waals surface area contributed by atoms with Gasteiger partial charge in [0.15, 0.2) is 0 Å². The number of hydrogen-bond donors (Lipinski definition) is 1. The van der Waals surface area contributed by atoms with Crippen LogP contribution in [0.2, 0.25) is 0 Å². The molecule has 0 unspecified atom stereocenters. The molecule has 1 aliphatic rings. The molecule has 0 heterocycles. The molecule has 0 aromatic carbocycles. The summed E-state index contributed by atoms with van der Waals surface area (Å²) in [7, 11) is 5.15. The molecule has 7 nitrogen and oxygen atoms in total. The molecule has 4 amide bonds. The third kappa shape index (κ3) is 4.14. The van der Waals surface area contributed by atoms with Gasteiger partial charge in [0, 0.05) is 39.6 Å². The highest BCUT2D eigenvalue weighted by Crippen LogP contribution is 2.30. The molecule has 1 atom stereocenters. The molecule has 0 aromatic rings. The molecule has 1 saturated carbocycles. The second-order valence-electron chi connectivity index (χ2n) is 6.73. The number of hydrogen-bond acceptors (Lipinski definition) is 3. The summed E-state index contributed by atoms with van der Waals surface area (Å²) in [5.74, 6) is -0.422. The van der Waals surface area contributed by atoms with Crippen LogP contribution in [0.5, 0.6) is 0 Å². The number of urea groups is 1. The van der Waals surface area contributed by atoms with Gasteiger partial charge in [-0.15, -0.1) is 0 Å². The van der Waals surface area contributed by atoms with E-state index in [9.17, 15) is 14.4 Å². The van der Waals surface area contributed by atoms with Gasteiger partial charge in [-0.25, -0.2) is 4.79 Å². The molecule has 1 fully saturated rings. The Balaban J connectivity index is 2.62. The average molecular weight is 326 g/mol. The zero-order valence-electron chi connectivity index (χ0n) is 15.1. The lowest BCUT2D eigenvalue weighted by atomic mass is 9.84. The Morgan fingerprint density at radius 3 is 1.91 bits per heavy atom. The zero-order valence-corrected chi connectivity index (χ0v) is 15.1. The van der Waals surface area contributed by atoms with Crippen molar-refractivity contribution in [1.29, 1.82) is 0 Å². The van der Waals surface area contributed by atoms with Crippen LogP contribution in [-0.2, 0) is 9.59 Å². The van der Waals surface area contributed by atoms with E-state index in [-0.39, 0.29) is 29.9 Å². The number of carbonyl (C=O) groups excluding carboxylic acids is 3. The number of amides is 4. The van der Waals surface area contributed by atoms with Crippen LogP contribution < -0.4 is 5.73 Å². The van der Waals surface area contributed by atoms with Gasteiger partial charge in [-0.05, 0) is 18.8 Å². The zero-order chi connectivity index (χ0) is 17.9. The molecule has 23 heavy (non-hydrogen) atoms. The van der Waals surface area contributed by atoms with Gasteiger partial charge in [-0.2, -0.15) is 0 Å². The molecule has 1 rings (SSSR count). The quantitative estimate of drug-likeness (QED) is 0.786. The van der Waals surface area contributed by atoms with Crippen molar-refractivity contribution < 1.29 is 14.4 Å². The second kappa shape index (κ2) is 7.66. The van der Waals surface area contributed by atoms with E-state index in [1.54, 1.807) is 23.9 Å². The largest absolute Gasteiger partial charge is 0.368 e. The van der Waals surface area contributed by atoms with Crippen molar-refractivity contribution in [3.8, 4) is 0 Å². The van der Waals surface area contributed by atoms with Crippen molar-refractivity contribution in [2.45, 2.75) is 58.2 Å². The third-order valence-electron chi connectivity index (χ3n) is 4.82. The van der Waals surface area contributed by atoms with E-state index in [2.05, 4.69) is 0 Å². The monoisotopic (exact) mass is 326 g/mol. The molecule has 0 bridgehead atoms. The minimum Gasteiger partial charge on any atom is -0.368 e. The van der Waals surface area contributed by atoms with Crippen LogP contribution in [0.1, 0.15) is 40.0 Å². The van der Waals surface area contributed by atoms with Crippen molar-refractivity contribution in [3.05, 3.63) is 0 Å². The molecule has 0 radical (unpaired) electrons. The van der Waals surface area contributed by atoms with Gasteiger partial charge in [0.1, 0.15) is 6.04 Å². The Kier molecular flexibility index (Phi) is 6.41. The first-order valence-electron chi connectivity index (χ1n) is 8.16. The maximum atomic E-state index is 12.6. The Hall–Kier alpha value is -1.79. The SMILES string of the molecule is CCC(=O)N(C)C1CC(N(C)C(=O)N(C)[C@H](C(N)=O)C(C)C)C1. The number of primary amides is 1. The second-order valence-corrected chi connectivity index (χ2v) is 6.73. The predicted octanol–water partition coefficient (Wildman–Crippen LogP) is 0.879. The lowest BCUT2D eigenvalue weighted by molar-refractivity contribution is -0.134. The van der Waals surface area contributed by atoms with Crippen molar-refractivity contribution in [2.24, 2.45) is 11.7 Å². The molecule has 2 N–H and O–H groups in total. The fourth-order valence-corrected chi connectivity index (χ4v) is 3.14. The maximum absolute atomic E-state index is 12.6. The van der Waals surface area contributed by atoms with Crippen LogP contribution >= 0.6 is 0 Å². The van der Waals surface area contributed by atoms with E-state index in [0.717, 1.165) is 12.8 Å². The van der Waals surface area contributed by atoms with Crippen LogP contribution in [0.15, 0.2) is 0 Å². The van der Waals surface area contributed by atoms with Crippen LogP contribution in [-0.4, -0.2) is 71.8 Å². The molecule has 0 aliphatic heterocycles. The highest BCUT2D eigenvalue weighted by Gasteiger charge is 2.39. The highest BCUT2D eigenvalue weighted by molar-refractivity contribution is 5.86. The lowest BCUT2D eigenvalue weighted by Crippen LogP contribution is -2.59. The summed E-state index contributed by atoms with van der Waals surface area (Å²) in [4.78, 5) is 40.7. The summed E-state index contributed by atoms with van der Waals surface area (Å²) in [6, 6.07) is -0.562. The highest BCUT2D eigenvalue weighted by atomic mass is 16.2. The van der Waals surface area contributed by atoms with E-state index in [4.69, 9.17) is 5.73 Å². The molecule has 0 saturated heterocycles. The molecular weight excluding hydrogens is 296 g/mol. The molecule has 7 heteroatoms. The molecule has 0 spiro atoms. The fraction of sp³-hybridized carbons (Fsp3) is 0.812. The Morgan fingerprint density at radius 2 is 1.52 bits per heavy atom. The number of carbonyl (C=O) groups is 3. The van der Waals surface area contributed by atoms with Crippen LogP contribution in [0.3, 0.4) is 0 Å². The Bertz CT molecular complexity index is 460. The van der Waals surface area contributed by atoms with Crippen LogP contribution in [0, 0.1) is 5.92 Å². The van der Waals surface area contributed by atoms with Crippen molar-refractivity contribution in [2.75, 3.05) is 21.1 Å². The van der Waals surface area contributed by atoms with E-state index in [0.29, 0.717) is 6.42 Å². The molecule has 0 aromatic heterocycles. The smallest absolute Gasteiger partial charge is 0.320 e. The minimum atomic E-state index is -0.620. The first-order valence-corrected chi connectivity index (χ1v) is 8.16. The van der Waals surface area contributed by atoms with Crippen molar-refractivity contribution >= 4 is 17.8 Å². The third-order valence-corrected chi connectivity index (χ3v) is 4.82. The molecule has 132 valence electrons.